The molecule has 0 bridgehead atoms. The van der Waals surface area contributed by atoms with Crippen LogP contribution in [0.5, 0.6) is 0 Å². The molecule has 1 saturated heterocycles. The van der Waals surface area contributed by atoms with Gasteiger partial charge in [0, 0.05) is 12.6 Å². The number of pyridine rings is 1. The number of anilines is 1. The zero-order valence-corrected chi connectivity index (χ0v) is 12.3. The quantitative estimate of drug-likeness (QED) is 0.509. The monoisotopic (exact) mass is 354 g/mol. The molecule has 1 atom stereocenters. The number of ether oxygens (including phenoxy) is 1. The first-order chi connectivity index (χ1) is 11.0. The lowest BCUT2D eigenvalue weighted by Crippen LogP contribution is -2.24. The van der Waals surface area contributed by atoms with Crippen LogP contribution in [0.15, 0.2) is 0 Å². The van der Waals surface area contributed by atoms with Gasteiger partial charge in [0.1, 0.15) is 16.8 Å². The molecule has 0 aliphatic carbocycles. The number of halogens is 5. The highest BCUT2D eigenvalue weighted by Gasteiger charge is 2.46. The number of carboxylic acid groups (broad SMARTS) is 1. The van der Waals surface area contributed by atoms with Crippen molar-refractivity contribution in [3.8, 4) is 0 Å². The van der Waals surface area contributed by atoms with Crippen LogP contribution in [0.4, 0.5) is 27.6 Å². The third-order valence-electron chi connectivity index (χ3n) is 3.42. The lowest BCUT2D eigenvalue weighted by molar-refractivity contribution is -0.142. The van der Waals surface area contributed by atoms with Gasteiger partial charge >= 0.3 is 18.1 Å². The SMILES string of the molecule is COC(=O)c1c(C(F)F)nc(C(F)(F)F)c(C(=O)O)c1N1CC1C. The molecule has 1 unspecified atom stereocenters. The first-order valence-corrected chi connectivity index (χ1v) is 6.52. The van der Waals surface area contributed by atoms with E-state index in [1.54, 1.807) is 0 Å². The number of nitrogens with zero attached hydrogens (tertiary/aromatic N) is 2. The normalized spacial score (nSPS) is 17.2. The maximum Gasteiger partial charge on any atom is 0.434 e. The van der Waals surface area contributed by atoms with Gasteiger partial charge in [0.25, 0.3) is 6.43 Å². The van der Waals surface area contributed by atoms with Crippen LogP contribution in [-0.4, -0.2) is 41.7 Å². The van der Waals surface area contributed by atoms with Gasteiger partial charge in [-0.25, -0.2) is 23.4 Å². The van der Waals surface area contributed by atoms with Crippen LogP contribution in [0.25, 0.3) is 0 Å². The number of hydrogen-bond donors (Lipinski definition) is 1. The predicted molar refractivity (Wildman–Crippen MR) is 69.3 cm³/mol. The van der Waals surface area contributed by atoms with Crippen LogP contribution in [0.1, 0.15) is 45.5 Å². The van der Waals surface area contributed by atoms with Crippen LogP contribution in [0.3, 0.4) is 0 Å². The third kappa shape index (κ3) is 2.97. The summed E-state index contributed by atoms with van der Waals surface area (Å²) in [5, 5.41) is 9.17. The van der Waals surface area contributed by atoms with Gasteiger partial charge in [-0.1, -0.05) is 0 Å². The summed E-state index contributed by atoms with van der Waals surface area (Å²) >= 11 is 0. The first-order valence-electron chi connectivity index (χ1n) is 6.52. The molecule has 1 aromatic rings. The lowest BCUT2D eigenvalue weighted by Gasteiger charge is -2.20. The lowest BCUT2D eigenvalue weighted by atomic mass is 10.0. The Labute approximate surface area is 131 Å². The van der Waals surface area contributed by atoms with Crippen molar-refractivity contribution in [1.82, 2.24) is 4.98 Å². The van der Waals surface area contributed by atoms with E-state index in [1.165, 1.54) is 6.92 Å². The smallest absolute Gasteiger partial charge is 0.434 e. The second kappa shape index (κ2) is 5.87. The number of carboxylic acids is 1. The molecule has 0 aromatic carbocycles. The van der Waals surface area contributed by atoms with Gasteiger partial charge in [-0.05, 0) is 6.92 Å². The standard InChI is InChI=1S/C13H11F5N2O4/c1-4-3-20(4)8-5(12(23)24-2)7(10(14)15)19-9(13(16,17)18)6(8)11(21)22/h4,10H,3H2,1-2H3,(H,21,22). The number of aromatic nitrogens is 1. The van der Waals surface area contributed by atoms with Gasteiger partial charge in [0.05, 0.1) is 12.8 Å². The Kier molecular flexibility index (Phi) is 4.38. The van der Waals surface area contributed by atoms with E-state index in [0.29, 0.717) is 0 Å². The summed E-state index contributed by atoms with van der Waals surface area (Å²) in [4.78, 5) is 27.0. The maximum absolute atomic E-state index is 13.2. The van der Waals surface area contributed by atoms with Gasteiger partial charge in [-0.3, -0.25) is 0 Å². The van der Waals surface area contributed by atoms with Crippen molar-refractivity contribution in [2.45, 2.75) is 25.6 Å². The van der Waals surface area contributed by atoms with E-state index in [2.05, 4.69) is 9.72 Å². The van der Waals surface area contributed by atoms with Gasteiger partial charge < -0.3 is 14.7 Å². The second-order valence-corrected chi connectivity index (χ2v) is 5.04. The fraction of sp³-hybridized carbons (Fsp3) is 0.462. The molecule has 2 rings (SSSR count). The summed E-state index contributed by atoms with van der Waals surface area (Å²) in [7, 11) is 0.838. The molecule has 1 aromatic heterocycles. The number of methoxy groups -OCH3 is 1. The van der Waals surface area contributed by atoms with E-state index < -0.39 is 58.8 Å². The summed E-state index contributed by atoms with van der Waals surface area (Å²) in [5.74, 6) is -3.42. The number of hydrogen-bond acceptors (Lipinski definition) is 5. The molecule has 1 fully saturated rings. The average molecular weight is 354 g/mol. The van der Waals surface area contributed by atoms with E-state index >= 15 is 0 Å². The Morgan fingerprint density at radius 1 is 1.33 bits per heavy atom. The Balaban J connectivity index is 2.95. The molecule has 24 heavy (non-hydrogen) atoms. The number of esters is 1. The van der Waals surface area contributed by atoms with Crippen molar-refractivity contribution < 1.29 is 41.4 Å². The van der Waals surface area contributed by atoms with Crippen molar-refractivity contribution in [2.24, 2.45) is 0 Å². The van der Waals surface area contributed by atoms with Crippen molar-refractivity contribution in [2.75, 3.05) is 18.6 Å². The Morgan fingerprint density at radius 2 is 1.88 bits per heavy atom. The molecule has 0 amide bonds. The summed E-state index contributed by atoms with van der Waals surface area (Å²) in [6.45, 7) is 1.64. The molecular weight excluding hydrogens is 343 g/mol. The Hall–Kier alpha value is -2.46. The van der Waals surface area contributed by atoms with Crippen LogP contribution < -0.4 is 4.90 Å². The molecule has 0 spiro atoms. The number of rotatable bonds is 4. The zero-order chi connectivity index (χ0) is 18.4. The molecule has 0 radical (unpaired) electrons. The fourth-order valence-corrected chi connectivity index (χ4v) is 2.30. The van der Waals surface area contributed by atoms with Gasteiger partial charge in [-0.2, -0.15) is 13.2 Å². The zero-order valence-electron chi connectivity index (χ0n) is 12.3. The molecule has 1 aliphatic rings. The van der Waals surface area contributed by atoms with E-state index in [4.69, 9.17) is 0 Å². The summed E-state index contributed by atoms with van der Waals surface area (Å²) in [6.07, 6.45) is -8.82. The molecule has 1 N–H and O–H groups in total. The van der Waals surface area contributed by atoms with Crippen molar-refractivity contribution in [1.29, 1.82) is 0 Å². The summed E-state index contributed by atoms with van der Waals surface area (Å²) in [5.41, 5.74) is -6.52. The minimum Gasteiger partial charge on any atom is -0.478 e. The van der Waals surface area contributed by atoms with E-state index in [0.717, 1.165) is 12.0 Å². The van der Waals surface area contributed by atoms with Crippen LogP contribution in [-0.2, 0) is 10.9 Å². The minimum atomic E-state index is -5.29. The minimum absolute atomic E-state index is 0.105. The highest BCUT2D eigenvalue weighted by atomic mass is 19.4. The first kappa shape index (κ1) is 17.9. The fourth-order valence-electron chi connectivity index (χ4n) is 2.30. The summed E-state index contributed by atoms with van der Waals surface area (Å²) in [6, 6.07) is -0.416. The number of aromatic carboxylic acids is 1. The highest BCUT2D eigenvalue weighted by Crippen LogP contribution is 2.43. The molecule has 0 saturated carbocycles. The van der Waals surface area contributed by atoms with Crippen LogP contribution in [0.2, 0.25) is 0 Å². The molecule has 132 valence electrons. The van der Waals surface area contributed by atoms with Crippen molar-refractivity contribution in [3.05, 3.63) is 22.5 Å². The number of carbonyl (C=O) groups is 2. The molecular formula is C13H11F5N2O4. The highest BCUT2D eigenvalue weighted by molar-refractivity contribution is 6.06. The van der Waals surface area contributed by atoms with Gasteiger partial charge in [0.2, 0.25) is 0 Å². The second-order valence-electron chi connectivity index (χ2n) is 5.04. The average Bonchev–Trinajstić information content (AvgIpc) is 3.19. The molecule has 11 heteroatoms. The Morgan fingerprint density at radius 3 is 2.21 bits per heavy atom. The molecule has 6 nitrogen and oxygen atoms in total. The summed E-state index contributed by atoms with van der Waals surface area (Å²) < 4.78 is 70.1. The maximum atomic E-state index is 13.2. The van der Waals surface area contributed by atoms with E-state index in [9.17, 15) is 36.6 Å². The van der Waals surface area contributed by atoms with Crippen molar-refractivity contribution in [3.63, 3.8) is 0 Å². The van der Waals surface area contributed by atoms with Crippen LogP contribution in [0, 0.1) is 0 Å². The van der Waals surface area contributed by atoms with Crippen molar-refractivity contribution >= 4 is 17.6 Å². The van der Waals surface area contributed by atoms with E-state index in [-0.39, 0.29) is 6.54 Å². The molecule has 1 aliphatic heterocycles. The topological polar surface area (TPSA) is 79.5 Å². The van der Waals surface area contributed by atoms with Gasteiger partial charge in [-0.15, -0.1) is 0 Å². The van der Waals surface area contributed by atoms with E-state index in [1.807, 2.05) is 0 Å². The predicted octanol–water partition coefficient (Wildman–Crippen LogP) is 2.73. The molecule has 2 heterocycles. The van der Waals surface area contributed by atoms with Crippen LogP contribution >= 0.6 is 0 Å². The largest absolute Gasteiger partial charge is 0.478 e. The number of carbonyl (C=O) groups excluding carboxylic acids is 1. The van der Waals surface area contributed by atoms with Gasteiger partial charge in [0.15, 0.2) is 5.69 Å². The number of alkyl halides is 5. The third-order valence-corrected chi connectivity index (χ3v) is 3.42. The Bertz CT molecular complexity index is 705.